The number of carbonyl (C=O) groups is 1. The summed E-state index contributed by atoms with van der Waals surface area (Å²) in [5.74, 6) is 0.269. The summed E-state index contributed by atoms with van der Waals surface area (Å²) in [5.41, 5.74) is 3.57. The Morgan fingerprint density at radius 1 is 1.37 bits per heavy atom. The van der Waals surface area contributed by atoms with E-state index in [0.29, 0.717) is 12.0 Å². The molecule has 0 radical (unpaired) electrons. The maximum Gasteiger partial charge on any atom is 0.178 e. The van der Waals surface area contributed by atoms with Crippen molar-refractivity contribution in [2.24, 2.45) is 5.41 Å². The summed E-state index contributed by atoms with van der Waals surface area (Å²) in [5, 5.41) is 0. The predicted octanol–water partition coefficient (Wildman–Crippen LogP) is 3.04. The van der Waals surface area contributed by atoms with Gasteiger partial charge in [-0.2, -0.15) is 0 Å². The zero-order valence-corrected chi connectivity index (χ0v) is 12.9. The van der Waals surface area contributed by atoms with Crippen molar-refractivity contribution < 1.29 is 4.79 Å². The minimum absolute atomic E-state index is 0.269. The van der Waals surface area contributed by atoms with E-state index >= 15 is 0 Å². The van der Waals surface area contributed by atoms with Crippen molar-refractivity contribution in [3.63, 3.8) is 0 Å². The monoisotopic (exact) mass is 262 g/mol. The van der Waals surface area contributed by atoms with Gasteiger partial charge >= 0.3 is 0 Å². The smallest absolute Gasteiger partial charge is 0.178 e. The summed E-state index contributed by atoms with van der Waals surface area (Å²) >= 11 is 0. The zero-order chi connectivity index (χ0) is 14.2. The van der Waals surface area contributed by atoms with Crippen LogP contribution >= 0.6 is 0 Å². The van der Waals surface area contributed by atoms with Crippen LogP contribution in [0.15, 0.2) is 6.07 Å². The maximum absolute atomic E-state index is 12.5. The molecule has 1 aliphatic heterocycles. The number of likely N-dealkylation sites (tertiary alicyclic amines) is 1. The lowest BCUT2D eigenvalue weighted by Gasteiger charge is -2.19. The van der Waals surface area contributed by atoms with E-state index in [-0.39, 0.29) is 5.78 Å². The topological polar surface area (TPSA) is 25.2 Å². The summed E-state index contributed by atoms with van der Waals surface area (Å²) in [7, 11) is 0. The molecule has 0 aromatic carbocycles. The lowest BCUT2D eigenvalue weighted by atomic mass is 9.93. The summed E-state index contributed by atoms with van der Waals surface area (Å²) in [6.07, 6.45) is 1.19. The fraction of sp³-hybridized carbons (Fsp3) is 0.688. The van der Waals surface area contributed by atoms with Crippen LogP contribution in [0, 0.1) is 19.3 Å². The van der Waals surface area contributed by atoms with Crippen molar-refractivity contribution in [3.8, 4) is 0 Å². The maximum atomic E-state index is 12.5. The average molecular weight is 262 g/mol. The number of Topliss-reactive ketones (excluding diaryl/α,β-unsaturated/α-hetero) is 1. The van der Waals surface area contributed by atoms with Crippen LogP contribution in [-0.4, -0.2) is 34.9 Å². The number of carbonyl (C=O) groups excluding carboxylic acids is 1. The first-order valence-electron chi connectivity index (χ1n) is 7.26. The van der Waals surface area contributed by atoms with E-state index in [2.05, 4.69) is 44.1 Å². The molecule has 1 aromatic heterocycles. The fourth-order valence-electron chi connectivity index (χ4n) is 3.22. The lowest BCUT2D eigenvalue weighted by molar-refractivity contribution is 0.0939. The highest BCUT2D eigenvalue weighted by Crippen LogP contribution is 2.29. The molecule has 3 nitrogen and oxygen atoms in total. The van der Waals surface area contributed by atoms with Gasteiger partial charge in [-0.25, -0.2) is 0 Å². The van der Waals surface area contributed by atoms with E-state index < -0.39 is 0 Å². The van der Waals surface area contributed by atoms with Crippen molar-refractivity contribution >= 4 is 5.78 Å². The van der Waals surface area contributed by atoms with Gasteiger partial charge < -0.3 is 4.57 Å². The highest BCUT2D eigenvalue weighted by molar-refractivity contribution is 5.99. The van der Waals surface area contributed by atoms with Crippen molar-refractivity contribution in [2.75, 3.05) is 19.6 Å². The number of aryl methyl sites for hydroxylation is 1. The van der Waals surface area contributed by atoms with Crippen LogP contribution in [0.3, 0.4) is 0 Å². The molecular formula is C16H26N2O. The molecular weight excluding hydrogens is 236 g/mol. The molecule has 0 unspecified atom stereocenters. The summed E-state index contributed by atoms with van der Waals surface area (Å²) in [6, 6.07) is 2.04. The Kier molecular flexibility index (Phi) is 3.86. The highest BCUT2D eigenvalue weighted by Gasteiger charge is 2.30. The fourth-order valence-corrected chi connectivity index (χ4v) is 3.22. The molecule has 1 aromatic rings. The second kappa shape index (κ2) is 5.12. The van der Waals surface area contributed by atoms with Gasteiger partial charge in [-0.1, -0.05) is 13.8 Å². The first kappa shape index (κ1) is 14.3. The quantitative estimate of drug-likeness (QED) is 0.779. The van der Waals surface area contributed by atoms with Gasteiger partial charge in [-0.3, -0.25) is 9.69 Å². The molecule has 0 atom stereocenters. The minimum Gasteiger partial charge on any atom is -0.349 e. The van der Waals surface area contributed by atoms with E-state index in [4.69, 9.17) is 0 Å². The highest BCUT2D eigenvalue weighted by atomic mass is 16.1. The summed E-state index contributed by atoms with van der Waals surface area (Å²) in [6.45, 7) is 14.4. The Bertz CT molecular complexity index is 485. The molecule has 1 saturated heterocycles. The van der Waals surface area contributed by atoms with Crippen LogP contribution < -0.4 is 0 Å². The van der Waals surface area contributed by atoms with Crippen molar-refractivity contribution in [3.05, 3.63) is 23.0 Å². The van der Waals surface area contributed by atoms with Crippen molar-refractivity contribution in [1.29, 1.82) is 0 Å². The average Bonchev–Trinajstić information content (AvgIpc) is 2.79. The van der Waals surface area contributed by atoms with Crippen LogP contribution in [0.2, 0.25) is 0 Å². The van der Waals surface area contributed by atoms with Crippen LogP contribution in [0.25, 0.3) is 0 Å². The molecule has 0 N–H and O–H groups in total. The Morgan fingerprint density at radius 2 is 2.05 bits per heavy atom. The molecule has 2 rings (SSSR count). The normalized spacial score (nSPS) is 19.0. The second-order valence-corrected chi connectivity index (χ2v) is 6.58. The second-order valence-electron chi connectivity index (χ2n) is 6.58. The van der Waals surface area contributed by atoms with Gasteiger partial charge in [0.15, 0.2) is 5.78 Å². The predicted molar refractivity (Wildman–Crippen MR) is 78.7 cm³/mol. The zero-order valence-electron chi connectivity index (χ0n) is 12.9. The molecule has 19 heavy (non-hydrogen) atoms. The molecule has 2 heterocycles. The van der Waals surface area contributed by atoms with Gasteiger partial charge in [0, 0.05) is 30.0 Å². The van der Waals surface area contributed by atoms with Gasteiger partial charge in [-0.05, 0) is 45.2 Å². The van der Waals surface area contributed by atoms with Crippen LogP contribution in [-0.2, 0) is 6.54 Å². The Morgan fingerprint density at radius 3 is 2.53 bits per heavy atom. The number of hydrogen-bond acceptors (Lipinski definition) is 2. The van der Waals surface area contributed by atoms with Crippen LogP contribution in [0.1, 0.15) is 48.9 Å². The van der Waals surface area contributed by atoms with E-state index in [1.54, 1.807) is 0 Å². The van der Waals surface area contributed by atoms with Gasteiger partial charge in [0.05, 0.1) is 6.54 Å². The van der Waals surface area contributed by atoms with Gasteiger partial charge in [0.1, 0.15) is 0 Å². The molecule has 1 fully saturated rings. The summed E-state index contributed by atoms with van der Waals surface area (Å²) in [4.78, 5) is 14.8. The van der Waals surface area contributed by atoms with E-state index in [0.717, 1.165) is 30.9 Å². The largest absolute Gasteiger partial charge is 0.349 e. The molecule has 106 valence electrons. The summed E-state index contributed by atoms with van der Waals surface area (Å²) < 4.78 is 2.21. The van der Waals surface area contributed by atoms with Gasteiger partial charge in [-0.15, -0.1) is 0 Å². The van der Waals surface area contributed by atoms with Gasteiger partial charge in [0.2, 0.25) is 0 Å². The van der Waals surface area contributed by atoms with Crippen LogP contribution in [0.4, 0.5) is 0 Å². The Balaban J connectivity index is 2.09. The molecule has 0 amide bonds. The third kappa shape index (κ3) is 2.92. The number of rotatable bonds is 4. The lowest BCUT2D eigenvalue weighted by Crippen LogP contribution is -2.29. The molecule has 3 heteroatoms. The van der Waals surface area contributed by atoms with Crippen molar-refractivity contribution in [2.45, 2.75) is 47.6 Å². The molecule has 0 bridgehead atoms. The van der Waals surface area contributed by atoms with Gasteiger partial charge in [0.25, 0.3) is 0 Å². The van der Waals surface area contributed by atoms with E-state index in [1.165, 1.54) is 12.1 Å². The third-order valence-corrected chi connectivity index (χ3v) is 4.31. The standard InChI is InChI=1S/C16H26N2O/c1-6-18-12(2)9-14(13(18)3)15(19)10-17-8-7-16(4,5)11-17/h9H,6-8,10-11H2,1-5H3. The number of ketones is 1. The van der Waals surface area contributed by atoms with E-state index in [1.807, 2.05) is 6.07 Å². The van der Waals surface area contributed by atoms with Crippen molar-refractivity contribution in [1.82, 2.24) is 9.47 Å². The molecule has 0 spiro atoms. The molecule has 0 saturated carbocycles. The number of nitrogens with zero attached hydrogens (tertiary/aromatic N) is 2. The Labute approximate surface area is 116 Å². The first-order chi connectivity index (χ1) is 8.84. The minimum atomic E-state index is 0.269. The SMILES string of the molecule is CCn1c(C)cc(C(=O)CN2CCC(C)(C)C2)c1C. The Hall–Kier alpha value is -1.09. The molecule has 0 aliphatic carbocycles. The molecule has 1 aliphatic rings. The third-order valence-electron chi connectivity index (χ3n) is 4.31. The first-order valence-corrected chi connectivity index (χ1v) is 7.26. The number of aromatic nitrogens is 1. The van der Waals surface area contributed by atoms with Crippen LogP contribution in [0.5, 0.6) is 0 Å². The number of hydrogen-bond donors (Lipinski definition) is 0. The van der Waals surface area contributed by atoms with E-state index in [9.17, 15) is 4.79 Å².